The van der Waals surface area contributed by atoms with Crippen LogP contribution in [0.5, 0.6) is 5.75 Å². The zero-order chi connectivity index (χ0) is 21.2. The van der Waals surface area contributed by atoms with Gasteiger partial charge in [-0.25, -0.2) is 0 Å². The van der Waals surface area contributed by atoms with Gasteiger partial charge in [0, 0.05) is 22.9 Å². The average molecular weight is 407 g/mol. The van der Waals surface area contributed by atoms with Gasteiger partial charge < -0.3 is 14.6 Å². The summed E-state index contributed by atoms with van der Waals surface area (Å²) in [6.07, 6.45) is 1.46. The van der Waals surface area contributed by atoms with Gasteiger partial charge >= 0.3 is 0 Å². The van der Waals surface area contributed by atoms with Crippen molar-refractivity contribution in [1.29, 1.82) is 0 Å². The van der Waals surface area contributed by atoms with Crippen molar-refractivity contribution in [3.63, 3.8) is 0 Å². The van der Waals surface area contributed by atoms with Crippen LogP contribution >= 0.6 is 0 Å². The lowest BCUT2D eigenvalue weighted by molar-refractivity contribution is 0.0937. The summed E-state index contributed by atoms with van der Waals surface area (Å²) in [6.45, 7) is 0. The van der Waals surface area contributed by atoms with E-state index in [0.29, 0.717) is 11.3 Å². The van der Waals surface area contributed by atoms with Gasteiger partial charge in [-0.3, -0.25) is 9.79 Å². The summed E-state index contributed by atoms with van der Waals surface area (Å²) in [5.41, 5.74) is 5.31. The molecular weight excluding hydrogens is 386 g/mol. The van der Waals surface area contributed by atoms with Crippen molar-refractivity contribution in [2.24, 2.45) is 4.99 Å². The third-order valence-electron chi connectivity index (χ3n) is 5.38. The molecule has 0 radical (unpaired) electrons. The first-order valence-electron chi connectivity index (χ1n) is 10.1. The van der Waals surface area contributed by atoms with E-state index >= 15 is 0 Å². The Labute approximate surface area is 180 Å². The van der Waals surface area contributed by atoms with Crippen molar-refractivity contribution in [3.8, 4) is 11.4 Å². The molecule has 3 aromatic carbocycles. The minimum Gasteiger partial charge on any atom is -0.497 e. The number of nitrogens with zero attached hydrogens (tertiary/aromatic N) is 2. The SMILES string of the molecule is COc1cccc(C(=O)NC2N=C(c3ccccc3)c3ccccc3-n3cccc32)c1. The van der Waals surface area contributed by atoms with Gasteiger partial charge in [-0.05, 0) is 36.4 Å². The Morgan fingerprint density at radius 1 is 0.935 bits per heavy atom. The fourth-order valence-corrected chi connectivity index (χ4v) is 3.89. The van der Waals surface area contributed by atoms with Crippen LogP contribution < -0.4 is 10.1 Å². The van der Waals surface area contributed by atoms with E-state index in [1.807, 2.05) is 66.9 Å². The fourth-order valence-electron chi connectivity index (χ4n) is 3.89. The second kappa shape index (κ2) is 7.95. The maximum absolute atomic E-state index is 13.1. The summed E-state index contributed by atoms with van der Waals surface area (Å²) < 4.78 is 7.35. The van der Waals surface area contributed by atoms with Gasteiger partial charge in [-0.1, -0.05) is 54.6 Å². The van der Waals surface area contributed by atoms with Crippen molar-refractivity contribution in [2.75, 3.05) is 7.11 Å². The van der Waals surface area contributed by atoms with Crippen molar-refractivity contribution in [2.45, 2.75) is 6.17 Å². The molecule has 1 N–H and O–H groups in total. The molecule has 5 heteroatoms. The molecular formula is C26H21N3O2. The molecule has 5 rings (SSSR count). The molecule has 1 aliphatic rings. The van der Waals surface area contributed by atoms with Crippen LogP contribution in [0.4, 0.5) is 0 Å². The molecule has 0 bridgehead atoms. The van der Waals surface area contributed by atoms with Gasteiger partial charge in [-0.15, -0.1) is 0 Å². The molecule has 1 amide bonds. The number of methoxy groups -OCH3 is 1. The van der Waals surface area contributed by atoms with Crippen LogP contribution in [0, 0.1) is 0 Å². The lowest BCUT2D eigenvalue weighted by Gasteiger charge is -2.16. The van der Waals surface area contributed by atoms with Crippen molar-refractivity contribution < 1.29 is 9.53 Å². The number of carbonyl (C=O) groups excluding carboxylic acids is 1. The minimum atomic E-state index is -0.545. The topological polar surface area (TPSA) is 55.6 Å². The second-order valence-electron chi connectivity index (χ2n) is 7.27. The van der Waals surface area contributed by atoms with Crippen LogP contribution in [0.2, 0.25) is 0 Å². The number of rotatable bonds is 4. The summed E-state index contributed by atoms with van der Waals surface area (Å²) in [4.78, 5) is 18.1. The van der Waals surface area contributed by atoms with Crippen LogP contribution in [0.3, 0.4) is 0 Å². The van der Waals surface area contributed by atoms with E-state index < -0.39 is 6.17 Å². The monoisotopic (exact) mass is 407 g/mol. The molecule has 1 atom stereocenters. The maximum Gasteiger partial charge on any atom is 0.253 e. The van der Waals surface area contributed by atoms with E-state index in [0.717, 1.165) is 28.2 Å². The Kier molecular flexibility index (Phi) is 4.84. The highest BCUT2D eigenvalue weighted by Crippen LogP contribution is 2.30. The third-order valence-corrected chi connectivity index (χ3v) is 5.38. The Hall–Kier alpha value is -4.12. The lowest BCUT2D eigenvalue weighted by Crippen LogP contribution is -2.28. The number of carbonyl (C=O) groups is 1. The van der Waals surface area contributed by atoms with Gasteiger partial charge in [0.05, 0.1) is 24.2 Å². The Morgan fingerprint density at radius 2 is 1.74 bits per heavy atom. The molecule has 0 saturated heterocycles. The number of para-hydroxylation sites is 1. The summed E-state index contributed by atoms with van der Waals surface area (Å²) in [6, 6.07) is 29.3. The second-order valence-corrected chi connectivity index (χ2v) is 7.27. The first-order valence-corrected chi connectivity index (χ1v) is 10.1. The third kappa shape index (κ3) is 3.51. The van der Waals surface area contributed by atoms with Gasteiger partial charge in [0.2, 0.25) is 0 Å². The van der Waals surface area contributed by atoms with Gasteiger partial charge in [-0.2, -0.15) is 0 Å². The first kappa shape index (κ1) is 18.9. The predicted octanol–water partition coefficient (Wildman–Crippen LogP) is 4.77. The summed E-state index contributed by atoms with van der Waals surface area (Å²) in [7, 11) is 1.59. The number of aliphatic imine (C=N–C) groups is 1. The van der Waals surface area contributed by atoms with Gasteiger partial charge in [0.15, 0.2) is 6.17 Å². The van der Waals surface area contributed by atoms with Crippen LogP contribution in [0.25, 0.3) is 5.69 Å². The standard InChI is InChI=1S/C26H21N3O2/c1-31-20-12-7-11-19(17-20)26(30)28-25-23-15-8-16-29(23)22-14-6-5-13-21(22)24(27-25)18-9-3-2-4-10-18/h2-17,25H,1H3,(H,28,30). The average Bonchev–Trinajstić information content (AvgIpc) is 3.27. The van der Waals surface area contributed by atoms with Crippen molar-refractivity contribution in [3.05, 3.63) is 120 Å². The molecule has 1 unspecified atom stereocenters. The summed E-state index contributed by atoms with van der Waals surface area (Å²) >= 11 is 0. The zero-order valence-electron chi connectivity index (χ0n) is 17.0. The van der Waals surface area contributed by atoms with Crippen LogP contribution in [-0.4, -0.2) is 23.3 Å². The number of fused-ring (bicyclic) bond motifs is 3. The smallest absolute Gasteiger partial charge is 0.253 e. The Morgan fingerprint density at radius 3 is 2.58 bits per heavy atom. The Bertz CT molecular complexity index is 1270. The number of hydrogen-bond acceptors (Lipinski definition) is 3. The molecule has 4 aromatic rings. The van der Waals surface area contributed by atoms with E-state index in [4.69, 9.17) is 9.73 Å². The molecule has 2 heterocycles. The molecule has 0 saturated carbocycles. The largest absolute Gasteiger partial charge is 0.497 e. The quantitative estimate of drug-likeness (QED) is 0.530. The van der Waals surface area contributed by atoms with Crippen molar-refractivity contribution >= 4 is 11.6 Å². The van der Waals surface area contributed by atoms with Gasteiger partial charge in [0.1, 0.15) is 5.75 Å². The zero-order valence-corrected chi connectivity index (χ0v) is 17.0. The normalized spacial score (nSPS) is 14.6. The Balaban J connectivity index is 1.62. The van der Waals surface area contributed by atoms with E-state index in [-0.39, 0.29) is 5.91 Å². The fraction of sp³-hybridized carbons (Fsp3) is 0.0769. The molecule has 1 aliphatic heterocycles. The number of hydrogen-bond donors (Lipinski definition) is 1. The van der Waals surface area contributed by atoms with E-state index in [9.17, 15) is 4.79 Å². The van der Waals surface area contributed by atoms with Crippen LogP contribution in [-0.2, 0) is 0 Å². The number of nitrogens with one attached hydrogen (secondary N) is 1. The van der Waals surface area contributed by atoms with Crippen LogP contribution in [0.15, 0.2) is 102 Å². The van der Waals surface area contributed by atoms with E-state index in [1.54, 1.807) is 25.3 Å². The molecule has 152 valence electrons. The van der Waals surface area contributed by atoms with Crippen molar-refractivity contribution in [1.82, 2.24) is 9.88 Å². The molecule has 0 spiro atoms. The van der Waals surface area contributed by atoms with E-state index in [2.05, 4.69) is 22.0 Å². The number of aromatic nitrogens is 1. The van der Waals surface area contributed by atoms with Gasteiger partial charge in [0.25, 0.3) is 5.91 Å². The highest BCUT2D eigenvalue weighted by atomic mass is 16.5. The maximum atomic E-state index is 13.1. The predicted molar refractivity (Wildman–Crippen MR) is 121 cm³/mol. The lowest BCUT2D eigenvalue weighted by atomic mass is 10.0. The highest BCUT2D eigenvalue weighted by molar-refractivity contribution is 6.15. The molecule has 1 aromatic heterocycles. The molecule has 31 heavy (non-hydrogen) atoms. The number of amides is 1. The molecule has 5 nitrogen and oxygen atoms in total. The minimum absolute atomic E-state index is 0.209. The number of benzene rings is 3. The van der Waals surface area contributed by atoms with Crippen LogP contribution in [0.1, 0.15) is 33.3 Å². The highest BCUT2D eigenvalue weighted by Gasteiger charge is 2.25. The molecule has 0 fully saturated rings. The number of ether oxygens (including phenoxy) is 1. The first-order chi connectivity index (χ1) is 15.2. The van der Waals surface area contributed by atoms with E-state index in [1.165, 1.54) is 0 Å². The summed E-state index contributed by atoms with van der Waals surface area (Å²) in [5, 5.41) is 3.10. The molecule has 0 aliphatic carbocycles. The summed E-state index contributed by atoms with van der Waals surface area (Å²) in [5.74, 6) is 0.427.